The molecule has 0 bridgehead atoms. The van der Waals surface area contributed by atoms with Gasteiger partial charge in [0.15, 0.2) is 0 Å². The summed E-state index contributed by atoms with van der Waals surface area (Å²) in [4.78, 5) is 12.2. The molecule has 1 amide bonds. The number of hydrogen-bond donors (Lipinski definition) is 2. The summed E-state index contributed by atoms with van der Waals surface area (Å²) in [5.74, 6) is 1.19. The Morgan fingerprint density at radius 2 is 2.50 bits per heavy atom. The highest BCUT2D eigenvalue weighted by Gasteiger charge is 2.37. The van der Waals surface area contributed by atoms with Crippen molar-refractivity contribution in [2.75, 3.05) is 0 Å². The lowest BCUT2D eigenvalue weighted by atomic mass is 9.76. The number of carbonyl (C=O) groups excluding carboxylic acids is 1. The van der Waals surface area contributed by atoms with Crippen molar-refractivity contribution in [1.82, 2.24) is 10.5 Å². The van der Waals surface area contributed by atoms with Crippen LogP contribution < -0.4 is 11.1 Å². The van der Waals surface area contributed by atoms with E-state index >= 15 is 0 Å². The van der Waals surface area contributed by atoms with Crippen molar-refractivity contribution in [1.29, 1.82) is 0 Å². The fourth-order valence-electron chi connectivity index (χ4n) is 2.65. The summed E-state index contributed by atoms with van der Waals surface area (Å²) in [6, 6.07) is 1.81. The zero-order valence-corrected chi connectivity index (χ0v) is 11.0. The molecular weight excluding hydrogens is 230 g/mol. The fraction of sp³-hybridized carbons (Fsp3) is 0.692. The lowest BCUT2D eigenvalue weighted by Crippen LogP contribution is -2.56. The molecule has 1 fully saturated rings. The van der Waals surface area contributed by atoms with E-state index in [-0.39, 0.29) is 5.91 Å². The molecule has 1 aliphatic carbocycles. The smallest absolute Gasteiger partial charge is 0.240 e. The number of amides is 1. The van der Waals surface area contributed by atoms with Gasteiger partial charge in [-0.2, -0.15) is 0 Å². The van der Waals surface area contributed by atoms with Crippen molar-refractivity contribution in [2.45, 2.75) is 51.6 Å². The molecule has 100 valence electrons. The Kier molecular flexibility index (Phi) is 3.71. The summed E-state index contributed by atoms with van der Waals surface area (Å²) in [5.41, 5.74) is 6.22. The summed E-state index contributed by atoms with van der Waals surface area (Å²) < 4.78 is 4.95. The van der Waals surface area contributed by atoms with Crippen LogP contribution in [0.3, 0.4) is 0 Å². The number of hydrogen-bond acceptors (Lipinski definition) is 4. The van der Waals surface area contributed by atoms with Crippen LogP contribution >= 0.6 is 0 Å². The highest BCUT2D eigenvalue weighted by Crippen LogP contribution is 2.30. The summed E-state index contributed by atoms with van der Waals surface area (Å²) in [6.45, 7) is 4.35. The van der Waals surface area contributed by atoms with Crippen LogP contribution in [-0.4, -0.2) is 16.6 Å². The lowest BCUT2D eigenvalue weighted by Gasteiger charge is -2.35. The molecule has 1 aromatic heterocycles. The van der Waals surface area contributed by atoms with Crippen LogP contribution in [0.2, 0.25) is 0 Å². The van der Waals surface area contributed by atoms with Gasteiger partial charge in [-0.1, -0.05) is 24.9 Å². The second kappa shape index (κ2) is 5.10. The first-order valence-corrected chi connectivity index (χ1v) is 6.49. The van der Waals surface area contributed by atoms with E-state index in [9.17, 15) is 4.79 Å². The molecule has 2 rings (SSSR count). The van der Waals surface area contributed by atoms with Gasteiger partial charge in [0.05, 0.1) is 12.1 Å². The van der Waals surface area contributed by atoms with Crippen LogP contribution in [0.15, 0.2) is 10.6 Å². The van der Waals surface area contributed by atoms with Gasteiger partial charge >= 0.3 is 0 Å². The maximum atomic E-state index is 12.2. The molecule has 5 nitrogen and oxygen atoms in total. The first-order valence-electron chi connectivity index (χ1n) is 6.49. The van der Waals surface area contributed by atoms with E-state index in [2.05, 4.69) is 17.4 Å². The molecule has 0 radical (unpaired) electrons. The van der Waals surface area contributed by atoms with Gasteiger partial charge in [-0.15, -0.1) is 0 Å². The second-order valence-corrected chi connectivity index (χ2v) is 5.47. The van der Waals surface area contributed by atoms with Crippen molar-refractivity contribution >= 4 is 5.91 Å². The first-order chi connectivity index (χ1) is 8.49. The predicted octanol–water partition coefficient (Wildman–Crippen LogP) is 1.51. The van der Waals surface area contributed by atoms with Crippen LogP contribution in [0.5, 0.6) is 0 Å². The molecule has 0 aromatic carbocycles. The molecule has 0 spiro atoms. The third-order valence-electron chi connectivity index (χ3n) is 3.59. The summed E-state index contributed by atoms with van der Waals surface area (Å²) >= 11 is 0. The number of carbonyl (C=O) groups is 1. The Balaban J connectivity index is 1.91. The van der Waals surface area contributed by atoms with Crippen molar-refractivity contribution < 1.29 is 9.32 Å². The quantitative estimate of drug-likeness (QED) is 0.853. The van der Waals surface area contributed by atoms with Crippen molar-refractivity contribution in [2.24, 2.45) is 11.7 Å². The molecule has 1 heterocycles. The van der Waals surface area contributed by atoms with Gasteiger partial charge in [-0.25, -0.2) is 0 Å². The van der Waals surface area contributed by atoms with Gasteiger partial charge in [0.1, 0.15) is 11.5 Å². The molecule has 5 heteroatoms. The second-order valence-electron chi connectivity index (χ2n) is 5.47. The lowest BCUT2D eigenvalue weighted by molar-refractivity contribution is -0.128. The zero-order valence-electron chi connectivity index (χ0n) is 11.0. The Bertz CT molecular complexity index is 430. The maximum absolute atomic E-state index is 12.2. The Labute approximate surface area is 107 Å². The minimum absolute atomic E-state index is 0.0743. The van der Waals surface area contributed by atoms with E-state index in [1.165, 1.54) is 0 Å². The van der Waals surface area contributed by atoms with Gasteiger partial charge in [-0.05, 0) is 25.7 Å². The SMILES string of the molecule is Cc1cc(CNC(=O)C2(N)CCCC(C)C2)no1. The average Bonchev–Trinajstić information content (AvgIpc) is 2.71. The summed E-state index contributed by atoms with van der Waals surface area (Å²) in [5, 5.41) is 6.70. The number of nitrogens with zero attached hydrogens (tertiary/aromatic N) is 1. The molecule has 2 unspecified atom stereocenters. The van der Waals surface area contributed by atoms with Crippen LogP contribution in [0.4, 0.5) is 0 Å². The molecule has 2 atom stereocenters. The van der Waals surface area contributed by atoms with Crippen molar-refractivity contribution in [3.8, 4) is 0 Å². The van der Waals surface area contributed by atoms with Gasteiger partial charge in [0, 0.05) is 6.07 Å². The van der Waals surface area contributed by atoms with E-state index in [0.717, 1.165) is 37.1 Å². The number of nitrogens with one attached hydrogen (secondary N) is 1. The fourth-order valence-corrected chi connectivity index (χ4v) is 2.65. The molecule has 18 heavy (non-hydrogen) atoms. The standard InChI is InChI=1S/C13H21N3O2/c1-9-4-3-5-13(14,7-9)12(17)15-8-11-6-10(2)18-16-11/h6,9H,3-5,7-8,14H2,1-2H3,(H,15,17). The van der Waals surface area contributed by atoms with E-state index in [0.29, 0.717) is 12.5 Å². The summed E-state index contributed by atoms with van der Waals surface area (Å²) in [6.07, 6.45) is 3.71. The third kappa shape index (κ3) is 2.90. The number of aryl methyl sites for hydroxylation is 1. The van der Waals surface area contributed by atoms with Gasteiger partial charge in [0.25, 0.3) is 0 Å². The first kappa shape index (κ1) is 13.1. The van der Waals surface area contributed by atoms with Crippen molar-refractivity contribution in [3.05, 3.63) is 17.5 Å². The molecule has 1 aliphatic rings. The van der Waals surface area contributed by atoms with E-state index in [1.54, 1.807) is 0 Å². The topological polar surface area (TPSA) is 81.2 Å². The van der Waals surface area contributed by atoms with Crippen LogP contribution in [0.1, 0.15) is 44.1 Å². The average molecular weight is 251 g/mol. The minimum Gasteiger partial charge on any atom is -0.361 e. The van der Waals surface area contributed by atoms with Gasteiger partial charge in [0.2, 0.25) is 5.91 Å². The van der Waals surface area contributed by atoms with Crippen molar-refractivity contribution in [3.63, 3.8) is 0 Å². The van der Waals surface area contributed by atoms with E-state index in [4.69, 9.17) is 10.3 Å². The Hall–Kier alpha value is -1.36. The van der Waals surface area contributed by atoms with Gasteiger partial charge < -0.3 is 15.6 Å². The van der Waals surface area contributed by atoms with E-state index in [1.807, 2.05) is 13.0 Å². The monoisotopic (exact) mass is 251 g/mol. The van der Waals surface area contributed by atoms with Gasteiger partial charge in [-0.3, -0.25) is 4.79 Å². The highest BCUT2D eigenvalue weighted by atomic mass is 16.5. The number of rotatable bonds is 3. The molecule has 3 N–H and O–H groups in total. The molecule has 0 aliphatic heterocycles. The zero-order chi connectivity index (χ0) is 13.2. The molecule has 1 aromatic rings. The minimum atomic E-state index is -0.712. The highest BCUT2D eigenvalue weighted by molar-refractivity contribution is 5.86. The molecule has 1 saturated carbocycles. The summed E-state index contributed by atoms with van der Waals surface area (Å²) in [7, 11) is 0. The Morgan fingerprint density at radius 1 is 1.72 bits per heavy atom. The number of nitrogens with two attached hydrogens (primary N) is 1. The van der Waals surface area contributed by atoms with Crippen LogP contribution in [-0.2, 0) is 11.3 Å². The van der Waals surface area contributed by atoms with E-state index < -0.39 is 5.54 Å². The predicted molar refractivity (Wildman–Crippen MR) is 67.6 cm³/mol. The normalized spacial score (nSPS) is 28.1. The molecule has 0 saturated heterocycles. The molecular formula is C13H21N3O2. The maximum Gasteiger partial charge on any atom is 0.240 e. The Morgan fingerprint density at radius 3 is 3.11 bits per heavy atom. The number of aromatic nitrogens is 1. The third-order valence-corrected chi connectivity index (χ3v) is 3.59. The largest absolute Gasteiger partial charge is 0.361 e. The van der Waals surface area contributed by atoms with Crippen LogP contribution in [0, 0.1) is 12.8 Å². The van der Waals surface area contributed by atoms with Crippen LogP contribution in [0.25, 0.3) is 0 Å².